The molecule has 0 aromatic heterocycles. The van der Waals surface area contributed by atoms with Gasteiger partial charge in [-0.3, -0.25) is 15.4 Å². The second-order valence-electron chi connectivity index (χ2n) is 7.45. The molecule has 3 N–H and O–H groups in total. The molecule has 12 heteroatoms. The van der Waals surface area contributed by atoms with Gasteiger partial charge < -0.3 is 14.8 Å². The summed E-state index contributed by atoms with van der Waals surface area (Å²) in [6, 6.07) is 1.84. The number of hydrogen-bond donors (Lipinski definition) is 3. The predicted molar refractivity (Wildman–Crippen MR) is 104 cm³/mol. The zero-order valence-corrected chi connectivity index (χ0v) is 17.7. The molecule has 0 saturated carbocycles. The van der Waals surface area contributed by atoms with Crippen molar-refractivity contribution in [3.05, 3.63) is 23.5 Å². The maximum atomic E-state index is 14.6. The summed E-state index contributed by atoms with van der Waals surface area (Å²) in [5.74, 6) is -3.31. The SMILES string of the molecule is CCOC(=O)Nc1cc(NC(=O)OC(C)(C)C)c(F)cc1[C@@H](C)C(=O)NCC(F)(F)F. The van der Waals surface area contributed by atoms with Gasteiger partial charge in [0, 0.05) is 0 Å². The van der Waals surface area contributed by atoms with E-state index in [-0.39, 0.29) is 23.5 Å². The van der Waals surface area contributed by atoms with Gasteiger partial charge in [0.1, 0.15) is 18.0 Å². The van der Waals surface area contributed by atoms with E-state index >= 15 is 0 Å². The van der Waals surface area contributed by atoms with Gasteiger partial charge in [0.2, 0.25) is 5.91 Å². The number of carbonyl (C=O) groups excluding carboxylic acids is 3. The summed E-state index contributed by atoms with van der Waals surface area (Å²) in [5, 5.41) is 6.16. The summed E-state index contributed by atoms with van der Waals surface area (Å²) in [4.78, 5) is 35.9. The highest BCUT2D eigenvalue weighted by atomic mass is 19.4. The van der Waals surface area contributed by atoms with E-state index in [0.29, 0.717) is 0 Å². The average molecular weight is 451 g/mol. The van der Waals surface area contributed by atoms with Crippen molar-refractivity contribution >= 4 is 29.5 Å². The van der Waals surface area contributed by atoms with Crippen LogP contribution in [0.4, 0.5) is 38.5 Å². The number of anilines is 2. The normalized spacial score (nSPS) is 12.5. The molecule has 0 fully saturated rings. The quantitative estimate of drug-likeness (QED) is 0.552. The fraction of sp³-hybridized carbons (Fsp3) is 0.526. The lowest BCUT2D eigenvalue weighted by Gasteiger charge is -2.21. The van der Waals surface area contributed by atoms with Crippen molar-refractivity contribution in [2.24, 2.45) is 0 Å². The van der Waals surface area contributed by atoms with Crippen LogP contribution in [0, 0.1) is 5.82 Å². The number of ether oxygens (including phenoxy) is 2. The maximum Gasteiger partial charge on any atom is 0.412 e. The lowest BCUT2D eigenvalue weighted by molar-refractivity contribution is -0.139. The number of benzene rings is 1. The van der Waals surface area contributed by atoms with E-state index in [4.69, 9.17) is 9.47 Å². The van der Waals surface area contributed by atoms with Crippen LogP contribution in [0.25, 0.3) is 0 Å². The third kappa shape index (κ3) is 9.09. The van der Waals surface area contributed by atoms with E-state index in [9.17, 15) is 31.9 Å². The van der Waals surface area contributed by atoms with Gasteiger partial charge in [-0.1, -0.05) is 0 Å². The smallest absolute Gasteiger partial charge is 0.412 e. The number of rotatable bonds is 6. The molecular weight excluding hydrogens is 426 g/mol. The molecule has 8 nitrogen and oxygen atoms in total. The largest absolute Gasteiger partial charge is 0.450 e. The van der Waals surface area contributed by atoms with Crippen LogP contribution in [-0.4, -0.2) is 43.0 Å². The number of nitrogens with one attached hydrogen (secondary N) is 3. The van der Waals surface area contributed by atoms with E-state index in [1.165, 1.54) is 13.8 Å². The third-order valence-corrected chi connectivity index (χ3v) is 3.61. The molecule has 31 heavy (non-hydrogen) atoms. The Balaban J connectivity index is 3.24. The molecule has 0 bridgehead atoms. The Labute approximate surface area is 176 Å². The van der Waals surface area contributed by atoms with Gasteiger partial charge in [0.15, 0.2) is 0 Å². The van der Waals surface area contributed by atoms with E-state index in [2.05, 4.69) is 10.6 Å². The Kier molecular flexibility index (Phi) is 8.64. The molecule has 0 aliphatic carbocycles. The molecule has 1 rings (SSSR count). The molecule has 0 spiro atoms. The van der Waals surface area contributed by atoms with Crippen molar-refractivity contribution in [3.63, 3.8) is 0 Å². The first-order valence-corrected chi connectivity index (χ1v) is 9.24. The third-order valence-electron chi connectivity index (χ3n) is 3.61. The van der Waals surface area contributed by atoms with Crippen LogP contribution < -0.4 is 16.0 Å². The molecule has 3 amide bonds. The van der Waals surface area contributed by atoms with Crippen LogP contribution in [0.2, 0.25) is 0 Å². The average Bonchev–Trinajstić information content (AvgIpc) is 2.59. The fourth-order valence-corrected chi connectivity index (χ4v) is 2.32. The summed E-state index contributed by atoms with van der Waals surface area (Å²) in [5.41, 5.74) is -1.51. The predicted octanol–water partition coefficient (Wildman–Crippen LogP) is 4.52. The molecule has 0 saturated heterocycles. The fourth-order valence-electron chi connectivity index (χ4n) is 2.32. The highest BCUT2D eigenvalue weighted by molar-refractivity contribution is 5.93. The molecule has 1 aromatic rings. The first-order chi connectivity index (χ1) is 14.1. The minimum Gasteiger partial charge on any atom is -0.450 e. The Hall–Kier alpha value is -3.05. The molecule has 0 heterocycles. The summed E-state index contributed by atoms with van der Waals surface area (Å²) in [6.07, 6.45) is -6.55. The molecule has 1 atom stereocenters. The maximum absolute atomic E-state index is 14.6. The van der Waals surface area contributed by atoms with E-state index in [1.54, 1.807) is 26.1 Å². The van der Waals surface area contributed by atoms with Crippen molar-refractivity contribution in [1.82, 2.24) is 5.32 Å². The first kappa shape index (κ1) is 26.0. The zero-order chi connectivity index (χ0) is 24.0. The van der Waals surface area contributed by atoms with Crippen LogP contribution in [0.1, 0.15) is 46.1 Å². The molecule has 1 aromatic carbocycles. The number of halogens is 4. The topological polar surface area (TPSA) is 106 Å². The van der Waals surface area contributed by atoms with Crippen molar-refractivity contribution in [2.45, 2.75) is 52.3 Å². The molecule has 0 aliphatic heterocycles. The molecule has 0 aliphatic rings. The van der Waals surface area contributed by atoms with E-state index in [0.717, 1.165) is 12.1 Å². The number of hydrogen-bond acceptors (Lipinski definition) is 5. The summed E-state index contributed by atoms with van der Waals surface area (Å²) < 4.78 is 61.5. The lowest BCUT2D eigenvalue weighted by Crippen LogP contribution is -2.36. The monoisotopic (exact) mass is 451 g/mol. The number of amides is 3. The van der Waals surface area contributed by atoms with Crippen molar-refractivity contribution < 1.29 is 41.4 Å². The second-order valence-corrected chi connectivity index (χ2v) is 7.45. The highest BCUT2D eigenvalue weighted by Gasteiger charge is 2.30. The molecule has 174 valence electrons. The number of alkyl halides is 3. The van der Waals surface area contributed by atoms with Gasteiger partial charge in [-0.05, 0) is 52.3 Å². The second kappa shape index (κ2) is 10.3. The molecule has 0 unspecified atom stereocenters. The van der Waals surface area contributed by atoms with Gasteiger partial charge in [0.05, 0.1) is 23.9 Å². The Bertz CT molecular complexity index is 822. The Morgan fingerprint density at radius 3 is 2.13 bits per heavy atom. The van der Waals surface area contributed by atoms with Crippen molar-refractivity contribution in [2.75, 3.05) is 23.8 Å². The van der Waals surface area contributed by atoms with Gasteiger partial charge >= 0.3 is 18.4 Å². The van der Waals surface area contributed by atoms with Crippen LogP contribution in [0.3, 0.4) is 0 Å². The standard InChI is InChI=1S/C19H25F4N3O5/c1-6-30-16(28)25-13-8-14(26-17(29)31-18(3,4)5)12(20)7-11(13)10(2)15(27)24-9-19(21,22)23/h7-8,10H,6,9H2,1-5H3,(H,24,27)(H,25,28)(H,26,29)/t10-/m1/s1. The van der Waals surface area contributed by atoms with Crippen LogP contribution >= 0.6 is 0 Å². The van der Waals surface area contributed by atoms with Gasteiger partial charge in [-0.25, -0.2) is 14.0 Å². The summed E-state index contributed by atoms with van der Waals surface area (Å²) in [6.45, 7) is 6.00. The summed E-state index contributed by atoms with van der Waals surface area (Å²) in [7, 11) is 0. The first-order valence-electron chi connectivity index (χ1n) is 9.24. The van der Waals surface area contributed by atoms with Gasteiger partial charge in [-0.15, -0.1) is 0 Å². The van der Waals surface area contributed by atoms with Gasteiger partial charge in [-0.2, -0.15) is 13.2 Å². The van der Waals surface area contributed by atoms with Gasteiger partial charge in [0.25, 0.3) is 0 Å². The van der Waals surface area contributed by atoms with E-state index < -0.39 is 48.2 Å². The Morgan fingerprint density at radius 2 is 1.61 bits per heavy atom. The lowest BCUT2D eigenvalue weighted by atomic mass is 9.97. The minimum atomic E-state index is -4.63. The Morgan fingerprint density at radius 1 is 1.03 bits per heavy atom. The van der Waals surface area contributed by atoms with Crippen molar-refractivity contribution in [3.8, 4) is 0 Å². The van der Waals surface area contributed by atoms with Crippen LogP contribution in [0.15, 0.2) is 12.1 Å². The number of carbonyl (C=O) groups is 3. The molecule has 0 radical (unpaired) electrons. The minimum absolute atomic E-state index is 0.00694. The highest BCUT2D eigenvalue weighted by Crippen LogP contribution is 2.31. The summed E-state index contributed by atoms with van der Waals surface area (Å²) >= 11 is 0. The zero-order valence-electron chi connectivity index (χ0n) is 17.7. The van der Waals surface area contributed by atoms with E-state index in [1.807, 2.05) is 0 Å². The van der Waals surface area contributed by atoms with Crippen molar-refractivity contribution in [1.29, 1.82) is 0 Å². The van der Waals surface area contributed by atoms with Crippen LogP contribution in [0.5, 0.6) is 0 Å². The van der Waals surface area contributed by atoms with Crippen LogP contribution in [-0.2, 0) is 14.3 Å². The molecular formula is C19H25F4N3O5.